The number of ether oxygens (including phenoxy) is 1. The van der Waals surface area contributed by atoms with Crippen LogP contribution in [0.5, 0.6) is 0 Å². The van der Waals surface area contributed by atoms with Crippen LogP contribution in [0.2, 0.25) is 0 Å². The molecule has 4 nitrogen and oxygen atoms in total. The van der Waals surface area contributed by atoms with Gasteiger partial charge in [-0.1, -0.05) is 20.8 Å². The van der Waals surface area contributed by atoms with Gasteiger partial charge >= 0.3 is 6.09 Å². The van der Waals surface area contributed by atoms with Crippen molar-refractivity contribution in [3.05, 3.63) is 35.6 Å². The Bertz CT molecular complexity index is 539. The van der Waals surface area contributed by atoms with E-state index < -0.39 is 29.0 Å². The second kappa shape index (κ2) is 6.46. The maximum atomic E-state index is 13.0. The fourth-order valence-corrected chi connectivity index (χ4v) is 1.88. The van der Waals surface area contributed by atoms with Crippen LogP contribution in [0.3, 0.4) is 0 Å². The van der Waals surface area contributed by atoms with Crippen LogP contribution in [0.15, 0.2) is 24.3 Å². The highest BCUT2D eigenvalue weighted by Crippen LogP contribution is 2.23. The minimum absolute atomic E-state index is 0.279. The zero-order valence-corrected chi connectivity index (χ0v) is 14.0. The molecule has 0 aliphatic carbocycles. The first-order valence-corrected chi connectivity index (χ1v) is 7.19. The van der Waals surface area contributed by atoms with E-state index in [1.165, 1.54) is 24.3 Å². The SMILES string of the molecule is CC(C)(C)OC(=O)NC(C(=O)c1ccc(F)cc1)C(C)(C)C. The maximum absolute atomic E-state index is 13.0. The van der Waals surface area contributed by atoms with Gasteiger partial charge in [-0.05, 0) is 50.5 Å². The number of halogens is 1. The van der Waals surface area contributed by atoms with Crippen LogP contribution in [-0.2, 0) is 4.74 Å². The van der Waals surface area contributed by atoms with E-state index in [9.17, 15) is 14.0 Å². The molecule has 1 aromatic rings. The molecule has 0 spiro atoms. The highest BCUT2D eigenvalue weighted by atomic mass is 19.1. The Hall–Kier alpha value is -1.91. The summed E-state index contributed by atoms with van der Waals surface area (Å²) in [5, 5.41) is 2.62. The van der Waals surface area contributed by atoms with Crippen LogP contribution in [0.4, 0.5) is 9.18 Å². The molecule has 0 aliphatic rings. The molecular formula is C17H24FNO3. The fraction of sp³-hybridized carbons (Fsp3) is 0.529. The minimum Gasteiger partial charge on any atom is -0.444 e. The monoisotopic (exact) mass is 309 g/mol. The van der Waals surface area contributed by atoms with Gasteiger partial charge in [0.15, 0.2) is 5.78 Å². The van der Waals surface area contributed by atoms with Crippen LogP contribution in [0.25, 0.3) is 0 Å². The molecule has 0 saturated carbocycles. The predicted octanol–water partition coefficient (Wildman–Crippen LogP) is 3.95. The van der Waals surface area contributed by atoms with Crippen LogP contribution in [0, 0.1) is 11.2 Å². The molecule has 0 heterocycles. The Morgan fingerprint density at radius 2 is 1.55 bits per heavy atom. The number of nitrogens with one attached hydrogen (secondary N) is 1. The number of amides is 1. The van der Waals surface area contributed by atoms with Crippen molar-refractivity contribution in [2.75, 3.05) is 0 Å². The van der Waals surface area contributed by atoms with Crippen molar-refractivity contribution in [2.45, 2.75) is 53.2 Å². The van der Waals surface area contributed by atoms with E-state index in [0.717, 1.165) is 0 Å². The average molecular weight is 309 g/mol. The standard InChI is InChI=1S/C17H24FNO3/c1-16(2,3)14(19-15(21)22-17(4,5)6)13(20)11-7-9-12(18)10-8-11/h7-10,14H,1-6H3,(H,19,21). The number of ketones is 1. The topological polar surface area (TPSA) is 55.4 Å². The zero-order chi connectivity index (χ0) is 17.1. The molecule has 0 bridgehead atoms. The quantitative estimate of drug-likeness (QED) is 0.860. The molecular weight excluding hydrogens is 285 g/mol. The molecule has 122 valence electrons. The Morgan fingerprint density at radius 3 is 1.95 bits per heavy atom. The molecule has 1 atom stereocenters. The van der Waals surface area contributed by atoms with E-state index >= 15 is 0 Å². The summed E-state index contributed by atoms with van der Waals surface area (Å²) in [7, 11) is 0. The molecule has 0 aliphatic heterocycles. The highest BCUT2D eigenvalue weighted by Gasteiger charge is 2.34. The van der Waals surface area contributed by atoms with E-state index in [1.807, 2.05) is 20.8 Å². The molecule has 1 amide bonds. The second-order valence-corrected chi connectivity index (χ2v) is 7.32. The van der Waals surface area contributed by atoms with Crippen LogP contribution < -0.4 is 5.32 Å². The van der Waals surface area contributed by atoms with E-state index in [-0.39, 0.29) is 5.78 Å². The highest BCUT2D eigenvalue weighted by molar-refractivity contribution is 6.02. The number of hydrogen-bond acceptors (Lipinski definition) is 3. The van der Waals surface area contributed by atoms with Crippen molar-refractivity contribution in [2.24, 2.45) is 5.41 Å². The lowest BCUT2D eigenvalue weighted by molar-refractivity contribution is 0.0446. The number of hydrogen-bond donors (Lipinski definition) is 1. The van der Waals surface area contributed by atoms with Gasteiger partial charge in [-0.2, -0.15) is 0 Å². The summed E-state index contributed by atoms with van der Waals surface area (Å²) in [6.07, 6.45) is -0.650. The van der Waals surface area contributed by atoms with Crippen LogP contribution >= 0.6 is 0 Å². The van der Waals surface area contributed by atoms with Gasteiger partial charge in [-0.25, -0.2) is 9.18 Å². The smallest absolute Gasteiger partial charge is 0.408 e. The molecule has 1 rings (SSSR count). The molecule has 0 radical (unpaired) electrons. The van der Waals surface area contributed by atoms with Crippen LogP contribution in [-0.4, -0.2) is 23.5 Å². The normalized spacial score (nSPS) is 13.4. The maximum Gasteiger partial charge on any atom is 0.408 e. The average Bonchev–Trinajstić information content (AvgIpc) is 2.32. The lowest BCUT2D eigenvalue weighted by atomic mass is 9.82. The molecule has 1 unspecified atom stereocenters. The fourth-order valence-electron chi connectivity index (χ4n) is 1.88. The van der Waals surface area contributed by atoms with Crippen molar-refractivity contribution in [1.29, 1.82) is 0 Å². The largest absolute Gasteiger partial charge is 0.444 e. The first-order valence-electron chi connectivity index (χ1n) is 7.19. The number of benzene rings is 1. The number of rotatable bonds is 3. The minimum atomic E-state index is -0.771. The van der Waals surface area contributed by atoms with E-state index in [1.54, 1.807) is 20.8 Å². The summed E-state index contributed by atoms with van der Waals surface area (Å²) >= 11 is 0. The van der Waals surface area contributed by atoms with Crippen molar-refractivity contribution in [3.8, 4) is 0 Å². The summed E-state index contributed by atoms with van der Waals surface area (Å²) in [4.78, 5) is 24.6. The van der Waals surface area contributed by atoms with E-state index in [4.69, 9.17) is 4.74 Å². The number of carbonyl (C=O) groups excluding carboxylic acids is 2. The van der Waals surface area contributed by atoms with Crippen molar-refractivity contribution in [1.82, 2.24) is 5.32 Å². The third-order valence-electron chi connectivity index (χ3n) is 2.92. The zero-order valence-electron chi connectivity index (χ0n) is 14.0. The molecule has 0 saturated heterocycles. The lowest BCUT2D eigenvalue weighted by Gasteiger charge is -2.31. The first-order chi connectivity index (χ1) is 9.90. The van der Waals surface area contributed by atoms with Gasteiger partial charge in [0, 0.05) is 5.56 Å². The van der Waals surface area contributed by atoms with Crippen molar-refractivity contribution >= 4 is 11.9 Å². The third kappa shape index (κ3) is 5.47. The number of alkyl carbamates (subject to hydrolysis) is 1. The van der Waals surface area contributed by atoms with E-state index in [2.05, 4.69) is 5.32 Å². The van der Waals surface area contributed by atoms with Crippen molar-refractivity contribution < 1.29 is 18.7 Å². The van der Waals surface area contributed by atoms with Gasteiger partial charge in [0.1, 0.15) is 17.5 Å². The Kier molecular flexibility index (Phi) is 5.33. The summed E-state index contributed by atoms with van der Waals surface area (Å²) < 4.78 is 18.2. The molecule has 22 heavy (non-hydrogen) atoms. The number of carbonyl (C=O) groups is 2. The van der Waals surface area contributed by atoms with Gasteiger partial charge in [-0.3, -0.25) is 4.79 Å². The molecule has 0 aromatic heterocycles. The summed E-state index contributed by atoms with van der Waals surface area (Å²) in [5.74, 6) is -0.692. The molecule has 0 fully saturated rings. The molecule has 1 N–H and O–H groups in total. The lowest BCUT2D eigenvalue weighted by Crippen LogP contribution is -2.50. The van der Waals surface area contributed by atoms with Gasteiger partial charge < -0.3 is 10.1 Å². The van der Waals surface area contributed by atoms with Crippen LogP contribution in [0.1, 0.15) is 51.9 Å². The number of Topliss-reactive ketones (excluding diaryl/α,β-unsaturated/α-hetero) is 1. The third-order valence-corrected chi connectivity index (χ3v) is 2.92. The van der Waals surface area contributed by atoms with Gasteiger partial charge in [0.05, 0.1) is 0 Å². The van der Waals surface area contributed by atoms with Gasteiger partial charge in [0.25, 0.3) is 0 Å². The van der Waals surface area contributed by atoms with Gasteiger partial charge in [-0.15, -0.1) is 0 Å². The Morgan fingerprint density at radius 1 is 1.05 bits per heavy atom. The summed E-state index contributed by atoms with van der Waals surface area (Å²) in [6, 6.07) is 4.49. The molecule has 5 heteroatoms. The van der Waals surface area contributed by atoms with E-state index in [0.29, 0.717) is 5.56 Å². The van der Waals surface area contributed by atoms with Gasteiger partial charge in [0.2, 0.25) is 0 Å². The second-order valence-electron chi connectivity index (χ2n) is 7.32. The summed E-state index contributed by atoms with van der Waals surface area (Å²) in [6.45, 7) is 10.8. The Balaban J connectivity index is 2.96. The Labute approximate surface area is 131 Å². The van der Waals surface area contributed by atoms with Crippen molar-refractivity contribution in [3.63, 3.8) is 0 Å². The summed E-state index contributed by atoms with van der Waals surface area (Å²) in [5.41, 5.74) is -0.814. The molecule has 1 aromatic carbocycles. The predicted molar refractivity (Wildman–Crippen MR) is 83.3 cm³/mol. The first kappa shape index (κ1) is 18.1.